The van der Waals surface area contributed by atoms with Crippen molar-refractivity contribution < 1.29 is 9.59 Å². The monoisotopic (exact) mass is 312 g/mol. The maximum absolute atomic E-state index is 12.5. The summed E-state index contributed by atoms with van der Waals surface area (Å²) in [4.78, 5) is 23.6. The third-order valence-corrected chi connectivity index (χ3v) is 8.32. The van der Waals surface area contributed by atoms with Crippen LogP contribution in [0.1, 0.15) is 64.7 Å². The lowest BCUT2D eigenvalue weighted by Gasteiger charge is -2.59. The van der Waals surface area contributed by atoms with Crippen LogP contribution in [0.4, 0.5) is 0 Å². The molecule has 4 aliphatic rings. The summed E-state index contributed by atoms with van der Waals surface area (Å²) in [6.07, 6.45) is 11.7. The highest BCUT2D eigenvalue weighted by Gasteiger charge is 2.60. The second-order valence-electron chi connectivity index (χ2n) is 8.80. The van der Waals surface area contributed by atoms with Crippen LogP contribution in [0.25, 0.3) is 0 Å². The summed E-state index contributed by atoms with van der Waals surface area (Å²) < 4.78 is 0. The minimum atomic E-state index is -0.0428. The molecule has 23 heavy (non-hydrogen) atoms. The quantitative estimate of drug-likeness (QED) is 0.527. The molecule has 2 nitrogen and oxygen atoms in total. The van der Waals surface area contributed by atoms with Crippen molar-refractivity contribution in [1.29, 1.82) is 0 Å². The smallest absolute Gasteiger partial charge is 0.139 e. The Morgan fingerprint density at radius 2 is 1.96 bits per heavy atom. The van der Waals surface area contributed by atoms with E-state index in [9.17, 15) is 9.59 Å². The maximum atomic E-state index is 12.5. The predicted molar refractivity (Wildman–Crippen MR) is 90.5 cm³/mol. The summed E-state index contributed by atoms with van der Waals surface area (Å²) >= 11 is 0. The highest BCUT2D eigenvalue weighted by molar-refractivity contribution is 5.87. The van der Waals surface area contributed by atoms with Crippen LogP contribution in [0.15, 0.2) is 18.2 Å². The first kappa shape index (κ1) is 15.4. The van der Waals surface area contributed by atoms with Crippen LogP contribution in [-0.4, -0.2) is 11.7 Å². The molecule has 0 aromatic heterocycles. The average molecular weight is 312 g/mol. The third kappa shape index (κ3) is 1.94. The van der Waals surface area contributed by atoms with Crippen molar-refractivity contribution in [1.82, 2.24) is 0 Å². The fraction of sp³-hybridized carbons (Fsp3) is 0.762. The van der Waals surface area contributed by atoms with Gasteiger partial charge < -0.3 is 0 Å². The van der Waals surface area contributed by atoms with Gasteiger partial charge >= 0.3 is 0 Å². The number of ketones is 1. The number of hydrogen-bond acceptors (Lipinski definition) is 2. The zero-order valence-corrected chi connectivity index (χ0v) is 14.3. The molecule has 0 aromatic rings. The van der Waals surface area contributed by atoms with E-state index in [0.717, 1.165) is 44.1 Å². The van der Waals surface area contributed by atoms with Gasteiger partial charge in [0, 0.05) is 17.4 Å². The lowest BCUT2D eigenvalue weighted by Crippen LogP contribution is -2.53. The summed E-state index contributed by atoms with van der Waals surface area (Å²) in [5.41, 5.74) is 1.15. The van der Waals surface area contributed by atoms with Crippen LogP contribution in [-0.2, 0) is 9.59 Å². The fourth-order valence-electron chi connectivity index (χ4n) is 7.05. The normalized spacial score (nSPS) is 48.9. The molecule has 0 aromatic carbocycles. The second-order valence-corrected chi connectivity index (χ2v) is 8.80. The van der Waals surface area contributed by atoms with Crippen molar-refractivity contribution in [2.45, 2.75) is 64.7 Å². The van der Waals surface area contributed by atoms with Crippen LogP contribution in [0, 0.1) is 34.5 Å². The summed E-state index contributed by atoms with van der Waals surface area (Å²) in [5.74, 6) is 5.24. The number of rotatable bonds is 1. The molecule has 4 saturated carbocycles. The summed E-state index contributed by atoms with van der Waals surface area (Å²) in [7, 11) is 0. The Labute approximate surface area is 139 Å². The molecule has 0 saturated heterocycles. The van der Waals surface area contributed by atoms with E-state index in [2.05, 4.69) is 25.5 Å². The van der Waals surface area contributed by atoms with Crippen molar-refractivity contribution in [3.05, 3.63) is 18.2 Å². The zero-order valence-electron chi connectivity index (χ0n) is 14.3. The van der Waals surface area contributed by atoms with Gasteiger partial charge in [0.25, 0.3) is 0 Å². The Morgan fingerprint density at radius 3 is 2.70 bits per heavy atom. The van der Waals surface area contributed by atoms with Gasteiger partial charge in [0.1, 0.15) is 11.7 Å². The SMILES string of the molecule is C=CC12CCC(=C=O)CC1CCC1C3CCC(=O)C3(C)CCC12. The van der Waals surface area contributed by atoms with Crippen LogP contribution in [0.5, 0.6) is 0 Å². The summed E-state index contributed by atoms with van der Waals surface area (Å²) in [6.45, 7) is 6.48. The molecule has 4 aliphatic carbocycles. The Balaban J connectivity index is 1.69. The first-order valence-electron chi connectivity index (χ1n) is 9.45. The van der Waals surface area contributed by atoms with Crippen molar-refractivity contribution in [2.75, 3.05) is 0 Å². The lowest BCUT2D eigenvalue weighted by atomic mass is 9.44. The molecule has 0 N–H and O–H groups in total. The van der Waals surface area contributed by atoms with Crippen molar-refractivity contribution in [3.8, 4) is 0 Å². The van der Waals surface area contributed by atoms with E-state index in [1.54, 1.807) is 0 Å². The molecule has 0 aliphatic heterocycles. The predicted octanol–water partition coefficient (Wildman–Crippen LogP) is 4.52. The first-order valence-corrected chi connectivity index (χ1v) is 9.45. The number of carbonyl (C=O) groups is 1. The Kier molecular flexibility index (Phi) is 3.47. The Morgan fingerprint density at radius 1 is 1.13 bits per heavy atom. The highest BCUT2D eigenvalue weighted by Crippen LogP contribution is 2.66. The van der Waals surface area contributed by atoms with E-state index in [1.165, 1.54) is 19.3 Å². The Hall–Kier alpha value is -1.14. The lowest BCUT2D eigenvalue weighted by molar-refractivity contribution is -0.135. The number of Topliss-reactive ketones (excluding diaryl/α,β-unsaturated/α-hetero) is 1. The Bertz CT molecular complexity index is 599. The largest absolute Gasteiger partial charge is 0.299 e. The number of hydrogen-bond donors (Lipinski definition) is 0. The van der Waals surface area contributed by atoms with Gasteiger partial charge in [0.05, 0.1) is 0 Å². The number of carbonyl (C=O) groups excluding carboxylic acids is 2. The molecule has 4 fully saturated rings. The first-order chi connectivity index (χ1) is 11.0. The second kappa shape index (κ2) is 5.18. The van der Waals surface area contributed by atoms with Gasteiger partial charge in [-0.1, -0.05) is 13.0 Å². The zero-order chi connectivity index (χ0) is 16.2. The molecule has 124 valence electrons. The average Bonchev–Trinajstić information content (AvgIpc) is 2.89. The summed E-state index contributed by atoms with van der Waals surface area (Å²) in [6, 6.07) is 0. The molecular formula is C21H28O2. The van der Waals surface area contributed by atoms with Crippen molar-refractivity contribution in [3.63, 3.8) is 0 Å². The van der Waals surface area contributed by atoms with Crippen LogP contribution in [0.3, 0.4) is 0 Å². The van der Waals surface area contributed by atoms with Gasteiger partial charge in [0.2, 0.25) is 0 Å². The van der Waals surface area contributed by atoms with Crippen LogP contribution >= 0.6 is 0 Å². The molecular weight excluding hydrogens is 284 g/mol. The molecule has 0 bridgehead atoms. The topological polar surface area (TPSA) is 34.1 Å². The molecule has 0 radical (unpaired) electrons. The highest BCUT2D eigenvalue weighted by atomic mass is 16.1. The molecule has 4 rings (SSSR count). The minimum Gasteiger partial charge on any atom is -0.299 e. The maximum Gasteiger partial charge on any atom is 0.139 e. The van der Waals surface area contributed by atoms with Crippen molar-refractivity contribution >= 4 is 11.7 Å². The van der Waals surface area contributed by atoms with Crippen LogP contribution < -0.4 is 0 Å². The molecule has 6 unspecified atom stereocenters. The van der Waals surface area contributed by atoms with E-state index < -0.39 is 0 Å². The molecule has 0 spiro atoms. The van der Waals surface area contributed by atoms with E-state index in [0.29, 0.717) is 29.5 Å². The van der Waals surface area contributed by atoms with Crippen molar-refractivity contribution in [2.24, 2.45) is 34.5 Å². The minimum absolute atomic E-state index is 0.0428. The van der Waals surface area contributed by atoms with Gasteiger partial charge in [-0.15, -0.1) is 6.58 Å². The number of allylic oxidation sites excluding steroid dienone is 2. The third-order valence-electron chi connectivity index (χ3n) is 8.32. The van der Waals surface area contributed by atoms with Gasteiger partial charge in [-0.2, -0.15) is 0 Å². The molecule has 6 atom stereocenters. The van der Waals surface area contributed by atoms with Crippen LogP contribution in [0.2, 0.25) is 0 Å². The molecule has 2 heteroatoms. The van der Waals surface area contributed by atoms with E-state index >= 15 is 0 Å². The molecule has 0 amide bonds. The standard InChI is InChI=1S/C21H28O2/c1-3-21-11-8-14(13-22)12-15(21)4-5-16-17-6-7-19(23)20(17,2)10-9-18(16)21/h3,15-18H,1,4-12H2,2H3. The van der Waals surface area contributed by atoms with Gasteiger partial charge in [-0.25, -0.2) is 4.79 Å². The van der Waals surface area contributed by atoms with Gasteiger partial charge in [-0.05, 0) is 80.5 Å². The number of fused-ring (bicyclic) bond motifs is 5. The summed E-state index contributed by atoms with van der Waals surface area (Å²) in [5, 5.41) is 0. The van der Waals surface area contributed by atoms with E-state index in [4.69, 9.17) is 0 Å². The fourth-order valence-corrected chi connectivity index (χ4v) is 7.05. The van der Waals surface area contributed by atoms with E-state index in [-0.39, 0.29) is 10.8 Å². The van der Waals surface area contributed by atoms with Gasteiger partial charge in [-0.3, -0.25) is 4.79 Å². The molecule has 0 heterocycles. The van der Waals surface area contributed by atoms with Gasteiger partial charge in [0.15, 0.2) is 0 Å². The van der Waals surface area contributed by atoms with E-state index in [1.807, 2.05) is 0 Å².